The van der Waals surface area contributed by atoms with Crippen LogP contribution in [0.2, 0.25) is 0 Å². The fourth-order valence-electron chi connectivity index (χ4n) is 5.01. The van der Waals surface area contributed by atoms with Crippen LogP contribution in [0.15, 0.2) is 59.5 Å². The van der Waals surface area contributed by atoms with Crippen molar-refractivity contribution >= 4 is 15.9 Å². The minimum Gasteiger partial charge on any atom is -0.364 e. The summed E-state index contributed by atoms with van der Waals surface area (Å²) in [5, 5.41) is 0. The third kappa shape index (κ3) is 5.05. The van der Waals surface area contributed by atoms with E-state index in [-0.39, 0.29) is 28.5 Å². The third-order valence-electron chi connectivity index (χ3n) is 7.22. The number of nitrogens with one attached hydrogen (secondary N) is 1. The molecule has 2 saturated heterocycles. The molecule has 1 saturated carbocycles. The Kier molecular flexibility index (Phi) is 6.50. The van der Waals surface area contributed by atoms with Gasteiger partial charge in [-0.1, -0.05) is 37.3 Å². The lowest BCUT2D eigenvalue weighted by Gasteiger charge is -2.50. The monoisotopic (exact) mass is 483 g/mol. The van der Waals surface area contributed by atoms with Gasteiger partial charge in [-0.2, -0.15) is 0 Å². The van der Waals surface area contributed by atoms with E-state index in [1.165, 1.54) is 17.7 Å². The highest BCUT2D eigenvalue weighted by Gasteiger charge is 2.43. The first kappa shape index (κ1) is 23.5. The number of carbonyl (C=O) groups is 1. The normalized spacial score (nSPS) is 23.2. The number of likely N-dealkylation sites (N-methyl/N-ethyl adjacent to an activating group) is 1. The van der Waals surface area contributed by atoms with Crippen molar-refractivity contribution in [3.8, 4) is 0 Å². The van der Waals surface area contributed by atoms with E-state index in [0.717, 1.165) is 45.3 Å². The Hall–Kier alpha value is -2.26. The van der Waals surface area contributed by atoms with E-state index >= 15 is 0 Å². The number of hydrogen-bond donors (Lipinski definition) is 1. The number of piperidine rings is 1. The van der Waals surface area contributed by atoms with E-state index in [1.807, 2.05) is 11.0 Å². The maximum atomic E-state index is 13.1. The van der Waals surface area contributed by atoms with Crippen molar-refractivity contribution in [1.29, 1.82) is 0 Å². The van der Waals surface area contributed by atoms with Gasteiger partial charge in [-0.05, 0) is 62.1 Å². The molecule has 3 aliphatic rings. The van der Waals surface area contributed by atoms with Gasteiger partial charge in [0.2, 0.25) is 10.0 Å². The van der Waals surface area contributed by atoms with Crippen LogP contribution in [0.1, 0.15) is 54.6 Å². The average molecular weight is 484 g/mol. The van der Waals surface area contributed by atoms with Crippen LogP contribution in [0, 0.1) is 0 Å². The van der Waals surface area contributed by atoms with Crippen molar-refractivity contribution in [1.82, 2.24) is 14.5 Å². The molecule has 1 aliphatic carbocycles. The van der Waals surface area contributed by atoms with E-state index in [2.05, 4.69) is 40.8 Å². The van der Waals surface area contributed by atoms with Crippen molar-refractivity contribution in [2.45, 2.75) is 55.2 Å². The Morgan fingerprint density at radius 2 is 1.74 bits per heavy atom. The Morgan fingerprint density at radius 1 is 1.06 bits per heavy atom. The molecule has 0 aromatic heterocycles. The van der Waals surface area contributed by atoms with Gasteiger partial charge in [0.15, 0.2) is 0 Å². The van der Waals surface area contributed by atoms with Crippen LogP contribution in [0.3, 0.4) is 0 Å². The number of rotatable bonds is 6. The molecule has 182 valence electrons. The van der Waals surface area contributed by atoms with Crippen LogP contribution in [0.4, 0.5) is 0 Å². The molecule has 1 unspecified atom stereocenters. The zero-order chi connectivity index (χ0) is 23.8. The number of amides is 1. The summed E-state index contributed by atoms with van der Waals surface area (Å²) >= 11 is 0. The van der Waals surface area contributed by atoms with Crippen LogP contribution in [-0.2, 0) is 14.8 Å². The largest absolute Gasteiger partial charge is 0.364 e. The number of carbonyl (C=O) groups excluding carboxylic acids is 1. The summed E-state index contributed by atoms with van der Waals surface area (Å²) in [6.07, 6.45) is 3.39. The molecule has 3 fully saturated rings. The standard InChI is InChI=1S/C26H33N3O4S/c1-2-28-18-24(20-6-4-3-5-7-20)33-26(19-28)14-16-29(17-15-26)25(30)21-8-12-23(13-9-21)34(31,32)27-22-10-11-22/h3-9,12-13,22,24,27H,2,10-11,14-19H2,1H3. The van der Waals surface area contributed by atoms with Crippen molar-refractivity contribution in [3.05, 3.63) is 65.7 Å². The Balaban J connectivity index is 1.24. The first-order valence-electron chi connectivity index (χ1n) is 12.2. The Labute approximate surface area is 202 Å². The van der Waals surface area contributed by atoms with Crippen LogP contribution in [-0.4, -0.2) is 68.5 Å². The molecule has 34 heavy (non-hydrogen) atoms. The average Bonchev–Trinajstić information content (AvgIpc) is 3.68. The summed E-state index contributed by atoms with van der Waals surface area (Å²) in [4.78, 5) is 17.7. The molecule has 1 amide bonds. The van der Waals surface area contributed by atoms with Gasteiger partial charge < -0.3 is 9.64 Å². The summed E-state index contributed by atoms with van der Waals surface area (Å²) in [5.74, 6) is -0.0586. The van der Waals surface area contributed by atoms with E-state index in [0.29, 0.717) is 18.7 Å². The lowest BCUT2D eigenvalue weighted by atomic mass is 9.87. The summed E-state index contributed by atoms with van der Waals surface area (Å²) in [7, 11) is -3.52. The second-order valence-corrected chi connectivity index (χ2v) is 11.5. The Bertz CT molecular complexity index is 1110. The minimum absolute atomic E-state index is 0.0379. The van der Waals surface area contributed by atoms with Gasteiger partial charge in [-0.3, -0.25) is 9.69 Å². The molecule has 2 aliphatic heterocycles. The SMILES string of the molecule is CCN1CC(c2ccccc2)OC2(CCN(C(=O)c3ccc(S(=O)(=O)NC4CC4)cc3)CC2)C1. The Morgan fingerprint density at radius 3 is 2.35 bits per heavy atom. The first-order chi connectivity index (χ1) is 16.4. The first-order valence-corrected chi connectivity index (χ1v) is 13.7. The zero-order valence-corrected chi connectivity index (χ0v) is 20.5. The topological polar surface area (TPSA) is 79.0 Å². The number of nitrogens with zero attached hydrogens (tertiary/aromatic N) is 2. The van der Waals surface area contributed by atoms with Gasteiger partial charge in [0, 0.05) is 37.8 Å². The summed E-state index contributed by atoms with van der Waals surface area (Å²) in [6, 6.07) is 16.7. The maximum Gasteiger partial charge on any atom is 0.253 e. The van der Waals surface area contributed by atoms with Crippen LogP contribution < -0.4 is 4.72 Å². The van der Waals surface area contributed by atoms with Gasteiger partial charge in [0.05, 0.1) is 16.6 Å². The molecule has 2 heterocycles. The highest BCUT2D eigenvalue weighted by Crippen LogP contribution is 2.38. The molecule has 1 spiro atoms. The second-order valence-electron chi connectivity index (χ2n) is 9.74. The van der Waals surface area contributed by atoms with Crippen LogP contribution in [0.25, 0.3) is 0 Å². The van der Waals surface area contributed by atoms with E-state index in [1.54, 1.807) is 12.1 Å². The van der Waals surface area contributed by atoms with Crippen molar-refractivity contribution in [2.75, 3.05) is 32.7 Å². The molecule has 8 heteroatoms. The minimum atomic E-state index is -3.52. The van der Waals surface area contributed by atoms with Gasteiger partial charge in [-0.15, -0.1) is 0 Å². The van der Waals surface area contributed by atoms with E-state index < -0.39 is 10.0 Å². The fraction of sp³-hybridized carbons (Fsp3) is 0.500. The quantitative estimate of drug-likeness (QED) is 0.683. The molecule has 2 aromatic carbocycles. The van der Waals surface area contributed by atoms with Gasteiger partial charge in [0.25, 0.3) is 5.91 Å². The summed E-state index contributed by atoms with van der Waals surface area (Å²) in [5.41, 5.74) is 1.46. The van der Waals surface area contributed by atoms with Crippen molar-refractivity contribution in [2.24, 2.45) is 0 Å². The molecular weight excluding hydrogens is 450 g/mol. The maximum absolute atomic E-state index is 13.1. The number of hydrogen-bond acceptors (Lipinski definition) is 5. The fourth-order valence-corrected chi connectivity index (χ4v) is 6.31. The number of likely N-dealkylation sites (tertiary alicyclic amines) is 1. The molecule has 7 nitrogen and oxygen atoms in total. The lowest BCUT2D eigenvalue weighted by Crippen LogP contribution is -2.58. The smallest absolute Gasteiger partial charge is 0.253 e. The predicted octanol–water partition coefficient (Wildman–Crippen LogP) is 3.20. The lowest BCUT2D eigenvalue weighted by molar-refractivity contribution is -0.175. The van der Waals surface area contributed by atoms with Crippen LogP contribution >= 0.6 is 0 Å². The highest BCUT2D eigenvalue weighted by atomic mass is 32.2. The molecule has 1 atom stereocenters. The summed E-state index contributed by atoms with van der Waals surface area (Å²) < 4.78 is 34.2. The van der Waals surface area contributed by atoms with Crippen molar-refractivity contribution < 1.29 is 17.9 Å². The van der Waals surface area contributed by atoms with Gasteiger partial charge >= 0.3 is 0 Å². The van der Waals surface area contributed by atoms with Crippen LogP contribution in [0.5, 0.6) is 0 Å². The number of sulfonamides is 1. The third-order valence-corrected chi connectivity index (χ3v) is 8.76. The molecule has 0 radical (unpaired) electrons. The highest BCUT2D eigenvalue weighted by molar-refractivity contribution is 7.89. The number of benzene rings is 2. The molecule has 0 bridgehead atoms. The van der Waals surface area contributed by atoms with E-state index in [9.17, 15) is 13.2 Å². The van der Waals surface area contributed by atoms with Gasteiger partial charge in [-0.25, -0.2) is 13.1 Å². The molecule has 1 N–H and O–H groups in total. The van der Waals surface area contributed by atoms with Crippen molar-refractivity contribution in [3.63, 3.8) is 0 Å². The summed E-state index contributed by atoms with van der Waals surface area (Å²) in [6.45, 7) is 6.18. The molecule has 2 aromatic rings. The number of ether oxygens (including phenoxy) is 1. The second kappa shape index (κ2) is 9.41. The zero-order valence-electron chi connectivity index (χ0n) is 19.7. The number of morpholine rings is 1. The molecule has 5 rings (SSSR count). The van der Waals surface area contributed by atoms with E-state index in [4.69, 9.17) is 4.74 Å². The molecular formula is C26H33N3O4S. The predicted molar refractivity (Wildman–Crippen MR) is 130 cm³/mol. The van der Waals surface area contributed by atoms with Gasteiger partial charge in [0.1, 0.15) is 0 Å².